The van der Waals surface area contributed by atoms with Crippen LogP contribution in [0.2, 0.25) is 0 Å². The van der Waals surface area contributed by atoms with E-state index in [1.54, 1.807) is 18.2 Å². The van der Waals surface area contributed by atoms with Crippen LogP contribution in [0.25, 0.3) is 0 Å². The van der Waals surface area contributed by atoms with E-state index in [0.29, 0.717) is 17.1 Å². The van der Waals surface area contributed by atoms with Crippen LogP contribution in [-0.2, 0) is 9.59 Å². The van der Waals surface area contributed by atoms with E-state index < -0.39 is 29.9 Å². The normalized spacial score (nSPS) is 12.5. The number of hydrogen-bond acceptors (Lipinski definition) is 6. The minimum absolute atomic E-state index is 0.276. The number of benzene rings is 1. The van der Waals surface area contributed by atoms with Gasteiger partial charge in [0, 0.05) is 11.6 Å². The molecule has 0 aliphatic heterocycles. The molecule has 0 saturated carbocycles. The number of furan rings is 1. The number of rotatable bonds is 9. The molecule has 2 aromatic rings. The van der Waals surface area contributed by atoms with Crippen molar-refractivity contribution in [2.75, 3.05) is 14.2 Å². The number of carboxylic acid groups (broad SMARTS) is 1. The maximum absolute atomic E-state index is 12.5. The number of ether oxygens (including phenoxy) is 2. The van der Waals surface area contributed by atoms with Gasteiger partial charge in [-0.1, -0.05) is 0 Å². The average Bonchev–Trinajstić information content (AvgIpc) is 3.21. The fourth-order valence-electron chi connectivity index (χ4n) is 2.56. The summed E-state index contributed by atoms with van der Waals surface area (Å²) in [5.74, 6) is -1.21. The van der Waals surface area contributed by atoms with Crippen molar-refractivity contribution in [2.24, 2.45) is 0 Å². The molecule has 9 heteroatoms. The third-order valence-corrected chi connectivity index (χ3v) is 4.04. The van der Waals surface area contributed by atoms with Gasteiger partial charge in [0.15, 0.2) is 0 Å². The number of carboxylic acids is 1. The lowest BCUT2D eigenvalue weighted by Gasteiger charge is -2.22. The van der Waals surface area contributed by atoms with Crippen molar-refractivity contribution in [3.8, 4) is 11.5 Å². The number of nitrogens with one attached hydrogen (secondary N) is 2. The first-order valence-electron chi connectivity index (χ1n) is 8.42. The van der Waals surface area contributed by atoms with Gasteiger partial charge in [-0.25, -0.2) is 0 Å². The van der Waals surface area contributed by atoms with E-state index >= 15 is 0 Å². The van der Waals surface area contributed by atoms with Crippen molar-refractivity contribution in [3.05, 3.63) is 47.9 Å². The molecule has 28 heavy (non-hydrogen) atoms. The fraction of sp³-hybridized carbons (Fsp3) is 0.316. The third-order valence-electron chi connectivity index (χ3n) is 4.04. The molecule has 0 spiro atoms. The lowest BCUT2D eigenvalue weighted by Crippen LogP contribution is -2.46. The SMILES string of the molecule is COc1ccc(C(CC(=O)O)NC(=O)C(C)NC(=O)c2ccoc2)c(OC)c1. The zero-order chi connectivity index (χ0) is 20.7. The Bertz CT molecular complexity index is 833. The summed E-state index contributed by atoms with van der Waals surface area (Å²) < 4.78 is 15.3. The van der Waals surface area contributed by atoms with Gasteiger partial charge in [-0.3, -0.25) is 14.4 Å². The standard InChI is InChI=1S/C19H22N2O7/c1-11(20-19(25)12-6-7-28-10-12)18(24)21-15(9-17(22)23)14-5-4-13(26-2)8-16(14)27-3/h4-8,10-11,15H,9H2,1-3H3,(H,20,25)(H,21,24)(H,22,23). The largest absolute Gasteiger partial charge is 0.497 e. The Labute approximate surface area is 161 Å². The first-order valence-corrected chi connectivity index (χ1v) is 8.42. The Morgan fingerprint density at radius 3 is 2.46 bits per heavy atom. The second-order valence-electron chi connectivity index (χ2n) is 5.97. The van der Waals surface area contributed by atoms with E-state index in [1.807, 2.05) is 0 Å². The summed E-state index contributed by atoms with van der Waals surface area (Å²) in [5, 5.41) is 14.4. The van der Waals surface area contributed by atoms with E-state index in [-0.39, 0.29) is 12.0 Å². The summed E-state index contributed by atoms with van der Waals surface area (Å²) in [6.45, 7) is 1.50. The van der Waals surface area contributed by atoms with Crippen molar-refractivity contribution in [1.29, 1.82) is 0 Å². The minimum atomic E-state index is -1.10. The Morgan fingerprint density at radius 1 is 1.14 bits per heavy atom. The molecular weight excluding hydrogens is 368 g/mol. The van der Waals surface area contributed by atoms with Gasteiger partial charge in [-0.2, -0.15) is 0 Å². The molecule has 0 aliphatic carbocycles. The zero-order valence-electron chi connectivity index (χ0n) is 15.7. The number of carbonyl (C=O) groups excluding carboxylic acids is 2. The van der Waals surface area contributed by atoms with E-state index in [4.69, 9.17) is 13.9 Å². The number of hydrogen-bond donors (Lipinski definition) is 3. The van der Waals surface area contributed by atoms with Crippen LogP contribution in [0.1, 0.15) is 35.3 Å². The Balaban J connectivity index is 2.16. The average molecular weight is 390 g/mol. The predicted octanol–water partition coefficient (Wildman–Crippen LogP) is 1.75. The van der Waals surface area contributed by atoms with Gasteiger partial charge in [0.2, 0.25) is 5.91 Å². The molecule has 3 N–H and O–H groups in total. The molecule has 0 saturated heterocycles. The summed E-state index contributed by atoms with van der Waals surface area (Å²) in [5.41, 5.74) is 0.756. The van der Waals surface area contributed by atoms with Gasteiger partial charge in [0.1, 0.15) is 23.8 Å². The highest BCUT2D eigenvalue weighted by atomic mass is 16.5. The highest BCUT2D eigenvalue weighted by Crippen LogP contribution is 2.31. The molecule has 0 radical (unpaired) electrons. The van der Waals surface area contributed by atoms with Crippen molar-refractivity contribution >= 4 is 17.8 Å². The van der Waals surface area contributed by atoms with E-state index in [9.17, 15) is 19.5 Å². The molecule has 0 aliphatic rings. The second-order valence-corrected chi connectivity index (χ2v) is 5.97. The Hall–Kier alpha value is -3.49. The molecule has 0 bridgehead atoms. The van der Waals surface area contributed by atoms with E-state index in [0.717, 1.165) is 0 Å². The zero-order valence-corrected chi connectivity index (χ0v) is 15.7. The molecule has 150 valence electrons. The van der Waals surface area contributed by atoms with Crippen molar-refractivity contribution in [2.45, 2.75) is 25.4 Å². The van der Waals surface area contributed by atoms with Crippen LogP contribution in [0, 0.1) is 0 Å². The topological polar surface area (TPSA) is 127 Å². The highest BCUT2D eigenvalue weighted by molar-refractivity contribution is 5.97. The van der Waals surface area contributed by atoms with Gasteiger partial charge < -0.3 is 29.6 Å². The third kappa shape index (κ3) is 5.26. The van der Waals surface area contributed by atoms with Gasteiger partial charge in [0.25, 0.3) is 5.91 Å². The first-order chi connectivity index (χ1) is 13.3. The lowest BCUT2D eigenvalue weighted by molar-refractivity contribution is -0.137. The molecule has 0 fully saturated rings. The summed E-state index contributed by atoms with van der Waals surface area (Å²) in [6.07, 6.45) is 2.24. The lowest BCUT2D eigenvalue weighted by atomic mass is 10.0. The molecule has 1 aromatic heterocycles. The molecule has 9 nitrogen and oxygen atoms in total. The molecular formula is C19H22N2O7. The minimum Gasteiger partial charge on any atom is -0.497 e. The second kappa shape index (κ2) is 9.45. The Kier molecular flexibility index (Phi) is 7.02. The summed E-state index contributed by atoms with van der Waals surface area (Å²) in [6, 6.07) is 4.57. The first kappa shape index (κ1) is 20.8. The van der Waals surface area contributed by atoms with Crippen LogP contribution >= 0.6 is 0 Å². The summed E-state index contributed by atoms with van der Waals surface area (Å²) >= 11 is 0. The van der Waals surface area contributed by atoms with Gasteiger partial charge in [-0.05, 0) is 25.1 Å². The van der Waals surface area contributed by atoms with Crippen LogP contribution in [-0.4, -0.2) is 43.2 Å². The van der Waals surface area contributed by atoms with Crippen molar-refractivity contribution in [1.82, 2.24) is 10.6 Å². The van der Waals surface area contributed by atoms with Gasteiger partial charge >= 0.3 is 5.97 Å². The number of carbonyl (C=O) groups is 3. The maximum Gasteiger partial charge on any atom is 0.305 e. The van der Waals surface area contributed by atoms with Gasteiger partial charge in [0.05, 0.1) is 38.5 Å². The highest BCUT2D eigenvalue weighted by Gasteiger charge is 2.25. The molecule has 2 atom stereocenters. The number of methoxy groups -OCH3 is 2. The van der Waals surface area contributed by atoms with Crippen LogP contribution in [0.15, 0.2) is 41.2 Å². The molecule has 2 unspecified atom stereocenters. The van der Waals surface area contributed by atoms with Crippen molar-refractivity contribution in [3.63, 3.8) is 0 Å². The summed E-state index contributed by atoms with van der Waals surface area (Å²) in [4.78, 5) is 35.9. The number of amides is 2. The number of aliphatic carboxylic acids is 1. The molecule has 2 amide bonds. The van der Waals surface area contributed by atoms with Crippen LogP contribution in [0.5, 0.6) is 11.5 Å². The van der Waals surface area contributed by atoms with Crippen molar-refractivity contribution < 1.29 is 33.4 Å². The van der Waals surface area contributed by atoms with Crippen LogP contribution < -0.4 is 20.1 Å². The van der Waals surface area contributed by atoms with E-state index in [2.05, 4.69) is 10.6 Å². The maximum atomic E-state index is 12.5. The summed E-state index contributed by atoms with van der Waals surface area (Å²) in [7, 11) is 2.93. The van der Waals surface area contributed by atoms with E-state index in [1.165, 1.54) is 39.7 Å². The van der Waals surface area contributed by atoms with Gasteiger partial charge in [-0.15, -0.1) is 0 Å². The smallest absolute Gasteiger partial charge is 0.305 e. The monoisotopic (exact) mass is 390 g/mol. The molecule has 1 heterocycles. The quantitative estimate of drug-likeness (QED) is 0.595. The predicted molar refractivity (Wildman–Crippen MR) is 98.3 cm³/mol. The molecule has 2 rings (SSSR count). The van der Waals surface area contributed by atoms with Crippen LogP contribution in [0.4, 0.5) is 0 Å². The Morgan fingerprint density at radius 2 is 1.89 bits per heavy atom. The fourth-order valence-corrected chi connectivity index (χ4v) is 2.56. The van der Waals surface area contributed by atoms with Crippen LogP contribution in [0.3, 0.4) is 0 Å². The molecule has 1 aromatic carbocycles.